The number of hydrogen-bond acceptors (Lipinski definition) is 4. The zero-order chi connectivity index (χ0) is 18.5. The number of amides is 1. The van der Waals surface area contributed by atoms with Gasteiger partial charge in [0.05, 0.1) is 12.1 Å². The van der Waals surface area contributed by atoms with Gasteiger partial charge >= 0.3 is 0 Å². The summed E-state index contributed by atoms with van der Waals surface area (Å²) in [6.07, 6.45) is 0.236. The summed E-state index contributed by atoms with van der Waals surface area (Å²) >= 11 is 7.44. The Balaban J connectivity index is 1.57. The van der Waals surface area contributed by atoms with Crippen LogP contribution in [-0.2, 0) is 11.2 Å². The Labute approximate surface area is 162 Å². The maximum atomic E-state index is 12.2. The minimum Gasteiger partial charge on any atom is -0.331 e. The molecule has 6 heteroatoms. The van der Waals surface area contributed by atoms with Crippen LogP contribution in [0.15, 0.2) is 53.9 Å². The Morgan fingerprint density at radius 3 is 2.62 bits per heavy atom. The van der Waals surface area contributed by atoms with Crippen molar-refractivity contribution in [2.24, 2.45) is 0 Å². The molecule has 1 amide bonds. The number of nitrogens with zero attached hydrogens (tertiary/aromatic N) is 1. The molecule has 26 heavy (non-hydrogen) atoms. The summed E-state index contributed by atoms with van der Waals surface area (Å²) in [5, 5.41) is 9.38. The fourth-order valence-corrected chi connectivity index (χ4v) is 3.38. The molecule has 0 saturated carbocycles. The summed E-state index contributed by atoms with van der Waals surface area (Å²) in [5.74, 6) is 0.391. The zero-order valence-electron chi connectivity index (χ0n) is 14.6. The van der Waals surface area contributed by atoms with Crippen molar-refractivity contribution in [1.82, 2.24) is 4.98 Å². The van der Waals surface area contributed by atoms with Gasteiger partial charge in [-0.05, 0) is 41.8 Å². The molecule has 0 radical (unpaired) electrons. The topological polar surface area (TPSA) is 54.0 Å². The van der Waals surface area contributed by atoms with E-state index in [0.29, 0.717) is 10.9 Å². The van der Waals surface area contributed by atoms with Crippen LogP contribution in [0.3, 0.4) is 0 Å². The molecule has 1 heterocycles. The van der Waals surface area contributed by atoms with E-state index in [2.05, 4.69) is 29.5 Å². The maximum absolute atomic E-state index is 12.2. The minimum absolute atomic E-state index is 0.0816. The summed E-state index contributed by atoms with van der Waals surface area (Å²) < 4.78 is 0. The Bertz CT molecular complexity index is 890. The van der Waals surface area contributed by atoms with Crippen LogP contribution < -0.4 is 10.6 Å². The summed E-state index contributed by atoms with van der Waals surface area (Å²) in [7, 11) is 0. The first kappa shape index (κ1) is 18.4. The zero-order valence-corrected chi connectivity index (χ0v) is 16.2. The highest BCUT2D eigenvalue weighted by atomic mass is 35.5. The third kappa shape index (κ3) is 5.07. The molecule has 0 fully saturated rings. The number of thiazole rings is 1. The van der Waals surface area contributed by atoms with E-state index in [-0.39, 0.29) is 12.3 Å². The second-order valence-electron chi connectivity index (χ2n) is 6.28. The molecule has 1 aromatic heterocycles. The number of rotatable bonds is 6. The largest absolute Gasteiger partial charge is 0.331 e. The van der Waals surface area contributed by atoms with Crippen molar-refractivity contribution in [3.63, 3.8) is 0 Å². The molecule has 0 bridgehead atoms. The summed E-state index contributed by atoms with van der Waals surface area (Å²) in [4.78, 5) is 16.7. The third-order valence-electron chi connectivity index (χ3n) is 3.83. The summed E-state index contributed by atoms with van der Waals surface area (Å²) in [6, 6.07) is 15.4. The van der Waals surface area contributed by atoms with Crippen molar-refractivity contribution in [3.8, 4) is 0 Å². The van der Waals surface area contributed by atoms with Gasteiger partial charge in [0, 0.05) is 21.8 Å². The van der Waals surface area contributed by atoms with Gasteiger partial charge in [-0.25, -0.2) is 4.98 Å². The van der Waals surface area contributed by atoms with Gasteiger partial charge in [0.2, 0.25) is 5.91 Å². The molecule has 2 aromatic carbocycles. The predicted octanol–water partition coefficient (Wildman–Crippen LogP) is 5.84. The highest BCUT2D eigenvalue weighted by Gasteiger charge is 2.09. The van der Waals surface area contributed by atoms with Crippen molar-refractivity contribution in [1.29, 1.82) is 0 Å². The number of carbonyl (C=O) groups excluding carboxylic acids is 1. The molecule has 0 atom stereocenters. The van der Waals surface area contributed by atoms with E-state index in [1.807, 2.05) is 53.9 Å². The van der Waals surface area contributed by atoms with E-state index in [9.17, 15) is 4.79 Å². The van der Waals surface area contributed by atoms with Crippen LogP contribution in [0.5, 0.6) is 0 Å². The monoisotopic (exact) mass is 385 g/mol. The van der Waals surface area contributed by atoms with Crippen LogP contribution in [0.25, 0.3) is 0 Å². The van der Waals surface area contributed by atoms with Crippen LogP contribution in [0.2, 0.25) is 5.02 Å². The van der Waals surface area contributed by atoms with Crippen molar-refractivity contribution in [3.05, 3.63) is 70.2 Å². The van der Waals surface area contributed by atoms with E-state index >= 15 is 0 Å². The first-order valence-corrected chi connectivity index (χ1v) is 9.62. The Kier molecular flexibility index (Phi) is 5.91. The number of halogens is 1. The first-order valence-electron chi connectivity index (χ1n) is 8.36. The molecule has 3 rings (SSSR count). The average molecular weight is 386 g/mol. The van der Waals surface area contributed by atoms with Gasteiger partial charge in [0.15, 0.2) is 5.13 Å². The van der Waals surface area contributed by atoms with Crippen molar-refractivity contribution in [2.45, 2.75) is 26.2 Å². The van der Waals surface area contributed by atoms with E-state index in [1.165, 1.54) is 16.9 Å². The van der Waals surface area contributed by atoms with Gasteiger partial charge in [-0.3, -0.25) is 4.79 Å². The third-order valence-corrected chi connectivity index (χ3v) is 4.87. The molecule has 0 aliphatic heterocycles. The van der Waals surface area contributed by atoms with Gasteiger partial charge in [-0.15, -0.1) is 11.3 Å². The van der Waals surface area contributed by atoms with E-state index < -0.39 is 0 Å². The summed E-state index contributed by atoms with van der Waals surface area (Å²) in [6.45, 7) is 4.29. The molecular formula is C20H20ClN3OS. The number of aromatic nitrogens is 1. The van der Waals surface area contributed by atoms with Crippen LogP contribution in [0.4, 0.5) is 16.5 Å². The number of anilines is 3. The molecule has 4 nitrogen and oxygen atoms in total. The number of nitrogens with one attached hydrogen (secondary N) is 2. The number of benzene rings is 2. The smallest absolute Gasteiger partial charge is 0.230 e. The highest BCUT2D eigenvalue weighted by molar-refractivity contribution is 7.13. The Morgan fingerprint density at radius 1 is 1.15 bits per heavy atom. The molecule has 134 valence electrons. The summed E-state index contributed by atoms with van der Waals surface area (Å²) in [5.41, 5.74) is 3.65. The minimum atomic E-state index is -0.0816. The van der Waals surface area contributed by atoms with Gasteiger partial charge in [-0.2, -0.15) is 0 Å². The van der Waals surface area contributed by atoms with Gasteiger partial charge in [0.1, 0.15) is 0 Å². The standard InChI is InChI=1S/C20H20ClN3OS/c1-13(2)14-6-8-16(9-7-14)22-19(25)11-18-12-26-20(24-18)23-17-5-3-4-15(21)10-17/h3-10,12-13H,11H2,1-2H3,(H,22,25)(H,23,24). The first-order chi connectivity index (χ1) is 12.5. The quantitative estimate of drug-likeness (QED) is 0.560. The van der Waals surface area contributed by atoms with Crippen molar-refractivity contribution < 1.29 is 4.79 Å². The molecule has 0 spiro atoms. The molecule has 0 saturated heterocycles. The lowest BCUT2D eigenvalue weighted by Crippen LogP contribution is -2.14. The number of carbonyl (C=O) groups is 1. The fraction of sp³-hybridized carbons (Fsp3) is 0.200. The van der Waals surface area contributed by atoms with E-state index in [1.54, 1.807) is 0 Å². The number of hydrogen-bond donors (Lipinski definition) is 2. The molecule has 0 unspecified atom stereocenters. The second-order valence-corrected chi connectivity index (χ2v) is 7.58. The van der Waals surface area contributed by atoms with Gasteiger partial charge in [0.25, 0.3) is 0 Å². The van der Waals surface area contributed by atoms with Crippen molar-refractivity contribution in [2.75, 3.05) is 10.6 Å². The normalized spacial score (nSPS) is 10.8. The lowest BCUT2D eigenvalue weighted by molar-refractivity contribution is -0.115. The fourth-order valence-electron chi connectivity index (χ4n) is 2.46. The molecule has 3 aromatic rings. The molecule has 0 aliphatic carbocycles. The molecule has 0 aliphatic rings. The van der Waals surface area contributed by atoms with Crippen LogP contribution in [0, 0.1) is 0 Å². The lowest BCUT2D eigenvalue weighted by atomic mass is 10.0. The predicted molar refractivity (Wildman–Crippen MR) is 110 cm³/mol. The van der Waals surface area contributed by atoms with Crippen LogP contribution in [-0.4, -0.2) is 10.9 Å². The highest BCUT2D eigenvalue weighted by Crippen LogP contribution is 2.23. The van der Waals surface area contributed by atoms with E-state index in [4.69, 9.17) is 11.6 Å². The maximum Gasteiger partial charge on any atom is 0.230 e. The Morgan fingerprint density at radius 2 is 1.92 bits per heavy atom. The Hall–Kier alpha value is -2.37. The van der Waals surface area contributed by atoms with Crippen LogP contribution >= 0.6 is 22.9 Å². The van der Waals surface area contributed by atoms with E-state index in [0.717, 1.165) is 22.2 Å². The molecular weight excluding hydrogens is 366 g/mol. The van der Waals surface area contributed by atoms with Crippen molar-refractivity contribution >= 4 is 45.4 Å². The second kappa shape index (κ2) is 8.34. The SMILES string of the molecule is CC(C)c1ccc(NC(=O)Cc2csc(Nc3cccc(Cl)c3)n2)cc1. The lowest BCUT2D eigenvalue weighted by Gasteiger charge is -2.08. The molecule has 2 N–H and O–H groups in total. The van der Waals surface area contributed by atoms with Gasteiger partial charge in [-0.1, -0.05) is 43.6 Å². The van der Waals surface area contributed by atoms with Gasteiger partial charge < -0.3 is 10.6 Å². The average Bonchev–Trinajstić information content (AvgIpc) is 3.02. The van der Waals surface area contributed by atoms with Crippen LogP contribution in [0.1, 0.15) is 31.0 Å².